The average Bonchev–Trinajstić information content (AvgIpc) is 3.16. The summed E-state index contributed by atoms with van der Waals surface area (Å²) in [5, 5.41) is 9.67. The Hall–Kier alpha value is -3.07. The summed E-state index contributed by atoms with van der Waals surface area (Å²) in [6.07, 6.45) is -3.37. The second-order valence-corrected chi connectivity index (χ2v) is 7.72. The van der Waals surface area contributed by atoms with Crippen molar-refractivity contribution in [2.24, 2.45) is 0 Å². The zero-order chi connectivity index (χ0) is 24.5. The number of fused-ring (bicyclic) bond motifs is 2. The number of carbonyl (C=O) groups is 4. The number of nitrogens with zero attached hydrogens (tertiary/aromatic N) is 3. The number of halogens is 3. The monoisotopic (exact) mass is 480 g/mol. The van der Waals surface area contributed by atoms with E-state index in [1.54, 1.807) is 0 Å². The van der Waals surface area contributed by atoms with Gasteiger partial charge in [0.2, 0.25) is 0 Å². The predicted octanol–water partition coefficient (Wildman–Crippen LogP) is 0.647. The van der Waals surface area contributed by atoms with Gasteiger partial charge < -0.3 is 14.7 Å². The van der Waals surface area contributed by atoms with Crippen LogP contribution in [0.5, 0.6) is 0 Å². The molecule has 0 spiro atoms. The number of hydroxylamine groups is 3. The largest absolute Gasteiger partial charge is 0.465 e. The molecular formula is C18H23F3N4O8. The van der Waals surface area contributed by atoms with E-state index in [0.29, 0.717) is 15.5 Å². The molecule has 15 heteroatoms. The van der Waals surface area contributed by atoms with Gasteiger partial charge in [0.25, 0.3) is 11.8 Å². The van der Waals surface area contributed by atoms with Crippen molar-refractivity contribution in [1.29, 1.82) is 0 Å². The summed E-state index contributed by atoms with van der Waals surface area (Å²) >= 11 is 0. The maximum absolute atomic E-state index is 13.9. The van der Waals surface area contributed by atoms with E-state index in [9.17, 15) is 32.3 Å². The molecule has 2 bridgehead atoms. The van der Waals surface area contributed by atoms with E-state index in [2.05, 4.69) is 4.74 Å². The first kappa shape index (κ1) is 24.6. The molecule has 2 fully saturated rings. The number of urea groups is 1. The second kappa shape index (κ2) is 9.43. The molecule has 184 valence electrons. The van der Waals surface area contributed by atoms with Gasteiger partial charge >= 0.3 is 24.5 Å². The van der Waals surface area contributed by atoms with Crippen LogP contribution < -0.4 is 5.48 Å². The Morgan fingerprint density at radius 3 is 2.70 bits per heavy atom. The number of carbonyl (C=O) groups excluding carboxylic acids is 3. The molecule has 2 N–H and O–H groups in total. The minimum absolute atomic E-state index is 0.0502. The van der Waals surface area contributed by atoms with Crippen molar-refractivity contribution in [3.63, 3.8) is 0 Å². The van der Waals surface area contributed by atoms with Gasteiger partial charge in [-0.25, -0.2) is 37.9 Å². The third-order valence-corrected chi connectivity index (χ3v) is 5.31. The molecule has 0 radical (unpaired) electrons. The van der Waals surface area contributed by atoms with Crippen LogP contribution in [0.4, 0.5) is 22.8 Å². The maximum Gasteiger partial charge on any atom is 0.407 e. The number of ether oxygens (including phenoxy) is 1. The summed E-state index contributed by atoms with van der Waals surface area (Å²) < 4.78 is 45.5. The smallest absolute Gasteiger partial charge is 0.407 e. The van der Waals surface area contributed by atoms with Crippen LogP contribution in [0.25, 0.3) is 0 Å². The first-order chi connectivity index (χ1) is 15.4. The van der Waals surface area contributed by atoms with Crippen LogP contribution in [-0.2, 0) is 24.0 Å². The molecule has 3 heterocycles. The lowest BCUT2D eigenvalue weighted by atomic mass is 10.0. The zero-order valence-corrected chi connectivity index (χ0v) is 17.7. The summed E-state index contributed by atoms with van der Waals surface area (Å²) in [6.45, 7) is 1.36. The molecule has 0 saturated carbocycles. The molecule has 0 aromatic carbocycles. The zero-order valence-electron chi connectivity index (χ0n) is 17.7. The fourth-order valence-corrected chi connectivity index (χ4v) is 3.96. The highest BCUT2D eigenvalue weighted by atomic mass is 19.3. The summed E-state index contributed by atoms with van der Waals surface area (Å²) in [5.74, 6) is -5.35. The van der Waals surface area contributed by atoms with Crippen LogP contribution in [0, 0.1) is 0 Å². The SMILES string of the molecule is CCOC(=O)C(F)ON1C(=O)N2C[C@H]1C=C(C)[C@H]2C(=O)NOC[C@@H]1CC(F)(F)CN1C(=O)O. The number of nitrogens with one attached hydrogen (secondary N) is 1. The molecule has 3 aliphatic rings. The molecule has 0 aromatic rings. The Labute approximate surface area is 185 Å². The van der Waals surface area contributed by atoms with Crippen molar-refractivity contribution < 1.29 is 51.9 Å². The molecule has 3 aliphatic heterocycles. The summed E-state index contributed by atoms with van der Waals surface area (Å²) in [5.41, 5.74) is 2.43. The molecule has 0 aliphatic carbocycles. The van der Waals surface area contributed by atoms with Crippen molar-refractivity contribution in [3.8, 4) is 0 Å². The number of hydrogen-bond donors (Lipinski definition) is 2. The average molecular weight is 480 g/mol. The summed E-state index contributed by atoms with van der Waals surface area (Å²) in [4.78, 5) is 59.2. The van der Waals surface area contributed by atoms with Gasteiger partial charge in [-0.2, -0.15) is 5.06 Å². The van der Waals surface area contributed by atoms with E-state index in [1.807, 2.05) is 5.48 Å². The Morgan fingerprint density at radius 1 is 1.36 bits per heavy atom. The lowest BCUT2D eigenvalue weighted by Gasteiger charge is -2.29. The van der Waals surface area contributed by atoms with Gasteiger partial charge in [-0.1, -0.05) is 6.08 Å². The lowest BCUT2D eigenvalue weighted by molar-refractivity contribution is -0.223. The molecule has 12 nitrogen and oxygen atoms in total. The highest BCUT2D eigenvalue weighted by molar-refractivity contribution is 5.91. The maximum atomic E-state index is 13.9. The minimum Gasteiger partial charge on any atom is -0.465 e. The van der Waals surface area contributed by atoms with Gasteiger partial charge in [0, 0.05) is 6.42 Å². The standard InChI is InChI=1S/C18H23F3N4O8/c1-3-31-15(27)13(19)33-25-10-4-9(2)12(23(6-10)16(25)28)14(26)22-32-7-11-5-18(20,21)8-24(11)17(29)30/h4,10-13H,3,5-8H2,1-2H3,(H,22,26)(H,29,30)/t10-,11+,12+,13?/m1/s1. The lowest BCUT2D eigenvalue weighted by Crippen LogP contribution is -2.50. The Morgan fingerprint density at radius 2 is 2.06 bits per heavy atom. The third-order valence-electron chi connectivity index (χ3n) is 5.31. The Bertz CT molecular complexity index is 857. The van der Waals surface area contributed by atoms with E-state index in [-0.39, 0.29) is 13.2 Å². The molecular weight excluding hydrogens is 457 g/mol. The Kier molecular flexibility index (Phi) is 7.02. The summed E-state index contributed by atoms with van der Waals surface area (Å²) in [7, 11) is 0. The van der Waals surface area contributed by atoms with E-state index >= 15 is 0 Å². The fourth-order valence-electron chi connectivity index (χ4n) is 3.96. The van der Waals surface area contributed by atoms with E-state index in [4.69, 9.17) is 14.8 Å². The number of hydrogen-bond acceptors (Lipinski definition) is 7. The number of carboxylic acid groups (broad SMARTS) is 1. The number of amides is 4. The number of alkyl halides is 3. The van der Waals surface area contributed by atoms with Crippen molar-refractivity contribution in [2.45, 2.75) is 50.7 Å². The van der Waals surface area contributed by atoms with Gasteiger partial charge in [-0.05, 0) is 19.4 Å². The molecule has 2 saturated heterocycles. The van der Waals surface area contributed by atoms with Crippen LogP contribution in [0.3, 0.4) is 0 Å². The molecule has 33 heavy (non-hydrogen) atoms. The second-order valence-electron chi connectivity index (χ2n) is 7.72. The molecule has 4 atom stereocenters. The highest BCUT2D eigenvalue weighted by Gasteiger charge is 2.50. The van der Waals surface area contributed by atoms with Crippen molar-refractivity contribution in [1.82, 2.24) is 20.3 Å². The Balaban J connectivity index is 1.58. The van der Waals surface area contributed by atoms with Crippen LogP contribution in [0.2, 0.25) is 0 Å². The van der Waals surface area contributed by atoms with Gasteiger partial charge in [0.05, 0.1) is 38.4 Å². The summed E-state index contributed by atoms with van der Waals surface area (Å²) in [6, 6.07) is -4.00. The minimum atomic E-state index is -3.21. The first-order valence-electron chi connectivity index (χ1n) is 10.00. The van der Waals surface area contributed by atoms with Crippen LogP contribution in [0.15, 0.2) is 11.6 Å². The topological polar surface area (TPSA) is 138 Å². The van der Waals surface area contributed by atoms with Crippen molar-refractivity contribution in [3.05, 3.63) is 11.6 Å². The van der Waals surface area contributed by atoms with Crippen LogP contribution >= 0.6 is 0 Å². The predicted molar refractivity (Wildman–Crippen MR) is 100 cm³/mol. The molecule has 4 amide bonds. The normalized spacial score (nSPS) is 26.8. The van der Waals surface area contributed by atoms with Gasteiger partial charge in [0.15, 0.2) is 0 Å². The number of rotatable bonds is 8. The van der Waals surface area contributed by atoms with Crippen molar-refractivity contribution >= 4 is 24.0 Å². The van der Waals surface area contributed by atoms with Crippen molar-refractivity contribution in [2.75, 3.05) is 26.3 Å². The van der Waals surface area contributed by atoms with Crippen LogP contribution in [-0.4, -0.2) is 101 Å². The molecule has 3 rings (SSSR count). The third kappa shape index (κ3) is 5.13. The fraction of sp³-hybridized carbons (Fsp3) is 0.667. The van der Waals surface area contributed by atoms with E-state index in [0.717, 1.165) is 4.90 Å². The van der Waals surface area contributed by atoms with Crippen LogP contribution in [0.1, 0.15) is 20.3 Å². The van der Waals surface area contributed by atoms with E-state index < -0.39 is 74.0 Å². The van der Waals surface area contributed by atoms with Gasteiger partial charge in [0.1, 0.15) is 6.04 Å². The highest BCUT2D eigenvalue weighted by Crippen LogP contribution is 2.32. The first-order valence-corrected chi connectivity index (χ1v) is 10.00. The number of esters is 1. The molecule has 1 unspecified atom stereocenters. The van der Waals surface area contributed by atoms with Gasteiger partial charge in [-0.15, -0.1) is 0 Å². The quantitative estimate of drug-likeness (QED) is 0.293. The van der Waals surface area contributed by atoms with E-state index in [1.165, 1.54) is 19.9 Å². The number of likely N-dealkylation sites (tertiary alicyclic amines) is 1. The molecule has 0 aromatic heterocycles. The van der Waals surface area contributed by atoms with Gasteiger partial charge in [-0.3, -0.25) is 14.5 Å².